The van der Waals surface area contributed by atoms with Crippen molar-refractivity contribution in [1.29, 1.82) is 0 Å². The molecule has 0 aliphatic carbocycles. The fraction of sp³-hybridized carbons (Fsp3) is 1.00. The average molecular weight is 246 g/mol. The van der Waals surface area contributed by atoms with Crippen LogP contribution in [0.4, 0.5) is 0 Å². The molecule has 0 spiro atoms. The number of hydrogen-bond acceptors (Lipinski definition) is 6. The molecular formula is C5H15N2O5PS. The first-order valence-electron chi connectivity index (χ1n) is 3.81. The van der Waals surface area contributed by atoms with E-state index in [4.69, 9.17) is 4.52 Å². The SMILES string of the molecule is CNOP(=O)(NS(C)(=O)=O)OC(C)C. The van der Waals surface area contributed by atoms with Crippen molar-refractivity contribution in [2.75, 3.05) is 13.3 Å². The molecular weight excluding hydrogens is 231 g/mol. The first kappa shape index (κ1) is 14.0. The minimum Gasteiger partial charge on any atom is -0.292 e. The van der Waals surface area contributed by atoms with E-state index in [1.807, 2.05) is 0 Å². The van der Waals surface area contributed by atoms with Crippen molar-refractivity contribution in [2.45, 2.75) is 20.0 Å². The van der Waals surface area contributed by atoms with Crippen LogP contribution in [0.15, 0.2) is 0 Å². The minimum absolute atomic E-state index is 0.427. The summed E-state index contributed by atoms with van der Waals surface area (Å²) in [5.74, 6) is 0. The van der Waals surface area contributed by atoms with Gasteiger partial charge in [-0.15, -0.1) is 4.49 Å². The molecule has 0 bridgehead atoms. The Hall–Kier alpha value is 0.0200. The summed E-state index contributed by atoms with van der Waals surface area (Å²) in [4.78, 5) is 0. The highest BCUT2D eigenvalue weighted by Crippen LogP contribution is 2.44. The second kappa shape index (κ2) is 5.20. The Morgan fingerprint density at radius 3 is 2.14 bits per heavy atom. The Kier molecular flexibility index (Phi) is 5.21. The zero-order valence-electron chi connectivity index (χ0n) is 8.47. The highest BCUT2D eigenvalue weighted by Gasteiger charge is 2.30. The molecule has 0 amide bonds. The molecule has 86 valence electrons. The number of hydrogen-bond donors (Lipinski definition) is 2. The molecule has 7 nitrogen and oxygen atoms in total. The van der Waals surface area contributed by atoms with Crippen LogP contribution in [0.5, 0.6) is 0 Å². The molecule has 0 heterocycles. The predicted octanol–water partition coefficient (Wildman–Crippen LogP) is 0.220. The number of sulfonamides is 1. The lowest BCUT2D eigenvalue weighted by Gasteiger charge is -2.18. The third-order valence-electron chi connectivity index (χ3n) is 0.839. The average Bonchev–Trinajstić information content (AvgIpc) is 1.78. The smallest absolute Gasteiger partial charge is 0.292 e. The second-order valence-electron chi connectivity index (χ2n) is 2.81. The van der Waals surface area contributed by atoms with Crippen LogP contribution in [-0.4, -0.2) is 27.8 Å². The van der Waals surface area contributed by atoms with Gasteiger partial charge in [-0.25, -0.2) is 17.6 Å². The van der Waals surface area contributed by atoms with E-state index in [0.29, 0.717) is 0 Å². The quantitative estimate of drug-likeness (QED) is 0.514. The van der Waals surface area contributed by atoms with E-state index < -0.39 is 23.9 Å². The highest BCUT2D eigenvalue weighted by molar-refractivity contribution is 7.94. The number of nitrogens with one attached hydrogen (secondary N) is 2. The summed E-state index contributed by atoms with van der Waals surface area (Å²) in [6.07, 6.45) is 0.436. The molecule has 0 aromatic heterocycles. The maximum atomic E-state index is 11.6. The summed E-state index contributed by atoms with van der Waals surface area (Å²) in [7, 11) is -6.15. The first-order valence-corrected chi connectivity index (χ1v) is 7.25. The van der Waals surface area contributed by atoms with E-state index in [1.54, 1.807) is 18.3 Å². The van der Waals surface area contributed by atoms with E-state index in [2.05, 4.69) is 10.1 Å². The van der Waals surface area contributed by atoms with Gasteiger partial charge in [0.1, 0.15) is 0 Å². The third-order valence-corrected chi connectivity index (χ3v) is 4.18. The normalized spacial score (nSPS) is 16.9. The van der Waals surface area contributed by atoms with Crippen LogP contribution >= 0.6 is 7.75 Å². The summed E-state index contributed by atoms with van der Waals surface area (Å²) in [5.41, 5.74) is 2.12. The maximum Gasteiger partial charge on any atom is 0.435 e. The summed E-state index contributed by atoms with van der Waals surface area (Å²) >= 11 is 0. The van der Waals surface area contributed by atoms with Crippen LogP contribution in [-0.2, 0) is 23.7 Å². The van der Waals surface area contributed by atoms with Gasteiger partial charge in [0.15, 0.2) is 0 Å². The van der Waals surface area contributed by atoms with Crippen LogP contribution in [0.1, 0.15) is 13.8 Å². The Morgan fingerprint density at radius 1 is 1.36 bits per heavy atom. The molecule has 0 saturated heterocycles. The largest absolute Gasteiger partial charge is 0.435 e. The fourth-order valence-corrected chi connectivity index (χ4v) is 3.45. The molecule has 0 rings (SSSR count). The zero-order chi connectivity index (χ0) is 11.4. The van der Waals surface area contributed by atoms with Crippen molar-refractivity contribution in [2.24, 2.45) is 0 Å². The topological polar surface area (TPSA) is 93.7 Å². The molecule has 0 aromatic rings. The van der Waals surface area contributed by atoms with Gasteiger partial charge in [0.25, 0.3) is 0 Å². The Bertz CT molecular complexity index is 314. The van der Waals surface area contributed by atoms with Gasteiger partial charge < -0.3 is 0 Å². The lowest BCUT2D eigenvalue weighted by molar-refractivity contribution is 0.129. The number of hydroxylamine groups is 1. The van der Waals surface area contributed by atoms with Crippen molar-refractivity contribution in [1.82, 2.24) is 9.97 Å². The Labute approximate surface area is 83.8 Å². The van der Waals surface area contributed by atoms with Crippen molar-refractivity contribution in [3.05, 3.63) is 0 Å². The third kappa shape index (κ3) is 6.47. The van der Waals surface area contributed by atoms with E-state index in [-0.39, 0.29) is 0 Å². The molecule has 14 heavy (non-hydrogen) atoms. The van der Waals surface area contributed by atoms with Gasteiger partial charge in [-0.05, 0) is 13.8 Å². The van der Waals surface area contributed by atoms with Crippen LogP contribution in [0, 0.1) is 0 Å². The van der Waals surface area contributed by atoms with Crippen LogP contribution < -0.4 is 9.97 Å². The molecule has 0 radical (unpaired) electrons. The van der Waals surface area contributed by atoms with E-state index in [0.717, 1.165) is 6.26 Å². The van der Waals surface area contributed by atoms with Crippen LogP contribution in [0.3, 0.4) is 0 Å². The van der Waals surface area contributed by atoms with Gasteiger partial charge >= 0.3 is 7.75 Å². The van der Waals surface area contributed by atoms with E-state index in [9.17, 15) is 13.0 Å². The molecule has 2 N–H and O–H groups in total. The standard InChI is InChI=1S/C5H15N2O5PS/c1-5(2)11-13(8,12-6-3)7-14(4,9)10/h5-6H,1-4H3,(H,7,8). The Morgan fingerprint density at radius 2 is 1.86 bits per heavy atom. The molecule has 9 heteroatoms. The zero-order valence-corrected chi connectivity index (χ0v) is 10.2. The minimum atomic E-state index is -3.85. The van der Waals surface area contributed by atoms with Gasteiger partial charge in [-0.2, -0.15) is 5.48 Å². The fourth-order valence-electron chi connectivity index (χ4n) is 0.662. The van der Waals surface area contributed by atoms with Gasteiger partial charge in [-0.1, -0.05) is 0 Å². The molecule has 0 fully saturated rings. The Balaban J connectivity index is 4.65. The van der Waals surface area contributed by atoms with Crippen molar-refractivity contribution in [3.8, 4) is 0 Å². The molecule has 1 unspecified atom stereocenters. The van der Waals surface area contributed by atoms with E-state index >= 15 is 0 Å². The van der Waals surface area contributed by atoms with Crippen molar-refractivity contribution < 1.29 is 22.1 Å². The van der Waals surface area contributed by atoms with Crippen LogP contribution in [0.25, 0.3) is 0 Å². The van der Waals surface area contributed by atoms with Gasteiger partial charge in [0, 0.05) is 7.05 Å². The summed E-state index contributed by atoms with van der Waals surface area (Å²) in [6, 6.07) is 0. The molecule has 1 atom stereocenters. The van der Waals surface area contributed by atoms with Gasteiger partial charge in [0.05, 0.1) is 12.4 Å². The molecule has 0 aliphatic rings. The van der Waals surface area contributed by atoms with Crippen molar-refractivity contribution >= 4 is 17.8 Å². The lowest BCUT2D eigenvalue weighted by atomic mass is 10.5. The van der Waals surface area contributed by atoms with Gasteiger partial charge in [-0.3, -0.25) is 4.52 Å². The monoisotopic (exact) mass is 246 g/mol. The highest BCUT2D eigenvalue weighted by atomic mass is 32.2. The number of rotatable bonds is 6. The molecule has 0 aromatic carbocycles. The second-order valence-corrected chi connectivity index (χ2v) is 6.47. The first-order chi connectivity index (χ1) is 6.18. The molecule has 0 aliphatic heterocycles. The summed E-state index contributed by atoms with van der Waals surface area (Å²) in [5, 5.41) is 0. The maximum absolute atomic E-state index is 11.6. The van der Waals surface area contributed by atoms with Crippen LogP contribution in [0.2, 0.25) is 0 Å². The lowest BCUT2D eigenvalue weighted by Crippen LogP contribution is -2.25. The van der Waals surface area contributed by atoms with Gasteiger partial charge in [0.2, 0.25) is 10.0 Å². The van der Waals surface area contributed by atoms with Crippen molar-refractivity contribution in [3.63, 3.8) is 0 Å². The molecule has 0 saturated carbocycles. The van der Waals surface area contributed by atoms with E-state index in [1.165, 1.54) is 7.05 Å². The summed E-state index contributed by atoms with van der Waals surface area (Å²) in [6.45, 7) is 3.21. The predicted molar refractivity (Wildman–Crippen MR) is 52.0 cm³/mol. The summed E-state index contributed by atoms with van der Waals surface area (Å²) < 4.78 is 44.4.